The number of nitrogens with one attached hydrogen (secondary N) is 1. The SMILES string of the molecule is NCC(NCC(F)F)c1occc1Br. The van der Waals surface area contributed by atoms with Crippen molar-refractivity contribution in [2.24, 2.45) is 5.73 Å². The number of halogens is 3. The second kappa shape index (κ2) is 5.43. The van der Waals surface area contributed by atoms with Crippen molar-refractivity contribution in [1.29, 1.82) is 0 Å². The van der Waals surface area contributed by atoms with Gasteiger partial charge in [-0.05, 0) is 22.0 Å². The van der Waals surface area contributed by atoms with E-state index >= 15 is 0 Å². The summed E-state index contributed by atoms with van der Waals surface area (Å²) in [5, 5.41) is 2.61. The van der Waals surface area contributed by atoms with Crippen LogP contribution in [0.1, 0.15) is 11.8 Å². The van der Waals surface area contributed by atoms with Crippen LogP contribution in [0.3, 0.4) is 0 Å². The molecule has 0 fully saturated rings. The van der Waals surface area contributed by atoms with Gasteiger partial charge >= 0.3 is 0 Å². The quantitative estimate of drug-likeness (QED) is 0.858. The largest absolute Gasteiger partial charge is 0.466 e. The summed E-state index contributed by atoms with van der Waals surface area (Å²) in [7, 11) is 0. The van der Waals surface area contributed by atoms with Crippen molar-refractivity contribution in [3.05, 3.63) is 22.6 Å². The molecule has 1 aromatic heterocycles. The van der Waals surface area contributed by atoms with Crippen molar-refractivity contribution in [1.82, 2.24) is 5.32 Å². The molecule has 0 saturated carbocycles. The zero-order chi connectivity index (χ0) is 10.6. The van der Waals surface area contributed by atoms with E-state index in [1.807, 2.05) is 0 Å². The number of rotatable bonds is 5. The van der Waals surface area contributed by atoms with E-state index in [0.717, 1.165) is 4.47 Å². The molecule has 1 atom stereocenters. The molecule has 1 rings (SSSR count). The van der Waals surface area contributed by atoms with Crippen molar-refractivity contribution in [3.8, 4) is 0 Å². The van der Waals surface area contributed by atoms with Gasteiger partial charge in [0.15, 0.2) is 0 Å². The molecule has 1 aromatic rings. The average molecular weight is 269 g/mol. The summed E-state index contributed by atoms with van der Waals surface area (Å²) < 4.78 is 29.7. The first-order chi connectivity index (χ1) is 6.65. The van der Waals surface area contributed by atoms with Crippen LogP contribution in [0.5, 0.6) is 0 Å². The minimum atomic E-state index is -2.39. The first-order valence-corrected chi connectivity index (χ1v) is 4.89. The molecule has 1 unspecified atom stereocenters. The Balaban J connectivity index is 2.58. The molecule has 0 bridgehead atoms. The van der Waals surface area contributed by atoms with Crippen molar-refractivity contribution in [3.63, 3.8) is 0 Å². The van der Waals surface area contributed by atoms with Gasteiger partial charge in [0.05, 0.1) is 23.3 Å². The molecule has 6 heteroatoms. The average Bonchev–Trinajstić information content (AvgIpc) is 2.53. The van der Waals surface area contributed by atoms with Gasteiger partial charge in [0.25, 0.3) is 6.43 Å². The Kier molecular flexibility index (Phi) is 4.50. The summed E-state index contributed by atoms with van der Waals surface area (Å²) >= 11 is 3.24. The van der Waals surface area contributed by atoms with Crippen molar-refractivity contribution in [2.75, 3.05) is 13.1 Å². The highest BCUT2D eigenvalue weighted by Crippen LogP contribution is 2.23. The summed E-state index contributed by atoms with van der Waals surface area (Å²) in [6.45, 7) is -0.187. The number of nitrogens with two attached hydrogens (primary N) is 1. The van der Waals surface area contributed by atoms with E-state index in [2.05, 4.69) is 21.2 Å². The standard InChI is InChI=1S/C8H11BrF2N2O/c9-5-1-2-14-8(5)6(3-12)13-4-7(10)11/h1-2,6-7,13H,3-4,12H2. The third kappa shape index (κ3) is 3.04. The highest BCUT2D eigenvalue weighted by Gasteiger charge is 2.17. The Labute approximate surface area is 88.8 Å². The van der Waals surface area contributed by atoms with E-state index < -0.39 is 13.0 Å². The van der Waals surface area contributed by atoms with Crippen molar-refractivity contribution in [2.45, 2.75) is 12.5 Å². The van der Waals surface area contributed by atoms with Crippen LogP contribution >= 0.6 is 15.9 Å². The van der Waals surface area contributed by atoms with Gasteiger partial charge in [-0.3, -0.25) is 0 Å². The summed E-state index contributed by atoms with van der Waals surface area (Å²) in [5.74, 6) is 0.549. The molecule has 3 N–H and O–H groups in total. The van der Waals surface area contributed by atoms with Crippen LogP contribution in [-0.4, -0.2) is 19.5 Å². The van der Waals surface area contributed by atoms with Crippen LogP contribution in [0.4, 0.5) is 8.78 Å². The second-order valence-corrected chi connectivity index (χ2v) is 3.57. The fourth-order valence-corrected chi connectivity index (χ4v) is 1.55. The molecule has 0 aliphatic carbocycles. The molecule has 0 saturated heterocycles. The zero-order valence-electron chi connectivity index (χ0n) is 7.34. The normalized spacial score (nSPS) is 13.5. The smallest absolute Gasteiger partial charge is 0.250 e. The maximum atomic E-state index is 11.9. The molecule has 0 aromatic carbocycles. The maximum absolute atomic E-state index is 11.9. The molecule has 0 amide bonds. The molecule has 0 radical (unpaired) electrons. The van der Waals surface area contributed by atoms with Gasteiger partial charge in [-0.2, -0.15) is 0 Å². The molecule has 0 spiro atoms. The van der Waals surface area contributed by atoms with E-state index in [4.69, 9.17) is 10.2 Å². The monoisotopic (exact) mass is 268 g/mol. The summed E-state index contributed by atoms with van der Waals surface area (Å²) in [5.41, 5.74) is 5.43. The van der Waals surface area contributed by atoms with Crippen LogP contribution in [0.2, 0.25) is 0 Å². The van der Waals surface area contributed by atoms with Crippen LogP contribution in [0.15, 0.2) is 21.2 Å². The molecule has 3 nitrogen and oxygen atoms in total. The van der Waals surface area contributed by atoms with Gasteiger partial charge in [0, 0.05) is 6.54 Å². The lowest BCUT2D eigenvalue weighted by Crippen LogP contribution is -2.31. The number of hydrogen-bond donors (Lipinski definition) is 2. The van der Waals surface area contributed by atoms with E-state index in [1.165, 1.54) is 6.26 Å². The molecule has 1 heterocycles. The summed E-state index contributed by atoms with van der Waals surface area (Å²) in [6, 6.07) is 1.32. The van der Waals surface area contributed by atoms with E-state index in [9.17, 15) is 8.78 Å². The molecule has 14 heavy (non-hydrogen) atoms. The topological polar surface area (TPSA) is 51.2 Å². The lowest BCUT2D eigenvalue weighted by Gasteiger charge is -2.14. The van der Waals surface area contributed by atoms with E-state index in [1.54, 1.807) is 6.07 Å². The summed E-state index contributed by atoms with van der Waals surface area (Å²) in [6.07, 6.45) is -0.913. The Hall–Kier alpha value is -0.460. The Morgan fingerprint density at radius 1 is 1.57 bits per heavy atom. The van der Waals surface area contributed by atoms with Crippen LogP contribution in [0, 0.1) is 0 Å². The molecular weight excluding hydrogens is 258 g/mol. The predicted octanol–water partition coefficient (Wildman–Crippen LogP) is 1.90. The van der Waals surface area contributed by atoms with Gasteiger partial charge in [0.2, 0.25) is 0 Å². The first-order valence-electron chi connectivity index (χ1n) is 4.09. The van der Waals surface area contributed by atoms with Gasteiger partial charge in [0.1, 0.15) is 5.76 Å². The predicted molar refractivity (Wildman–Crippen MR) is 52.2 cm³/mol. The molecule has 80 valence electrons. The van der Waals surface area contributed by atoms with Crippen molar-refractivity contribution >= 4 is 15.9 Å². The van der Waals surface area contributed by atoms with Crippen molar-refractivity contribution < 1.29 is 13.2 Å². The first kappa shape index (κ1) is 11.6. The minimum Gasteiger partial charge on any atom is -0.466 e. The van der Waals surface area contributed by atoms with Gasteiger partial charge in [-0.25, -0.2) is 8.78 Å². The van der Waals surface area contributed by atoms with Gasteiger partial charge in [-0.15, -0.1) is 0 Å². The second-order valence-electron chi connectivity index (χ2n) is 2.72. The van der Waals surface area contributed by atoms with Crippen LogP contribution in [0.25, 0.3) is 0 Å². The molecular formula is C8H11BrF2N2O. The zero-order valence-corrected chi connectivity index (χ0v) is 8.93. The number of alkyl halides is 2. The van der Waals surface area contributed by atoms with E-state index in [-0.39, 0.29) is 12.6 Å². The summed E-state index contributed by atoms with van der Waals surface area (Å²) in [4.78, 5) is 0. The fourth-order valence-electron chi connectivity index (χ4n) is 1.07. The Bertz CT molecular complexity index is 280. The minimum absolute atomic E-state index is 0.207. The maximum Gasteiger partial charge on any atom is 0.250 e. The van der Waals surface area contributed by atoms with Gasteiger partial charge < -0.3 is 15.5 Å². The Morgan fingerprint density at radius 2 is 2.29 bits per heavy atom. The molecule has 0 aliphatic heterocycles. The highest BCUT2D eigenvalue weighted by molar-refractivity contribution is 9.10. The third-order valence-corrected chi connectivity index (χ3v) is 2.37. The van der Waals surface area contributed by atoms with E-state index in [0.29, 0.717) is 5.76 Å². The van der Waals surface area contributed by atoms with Gasteiger partial charge in [-0.1, -0.05) is 0 Å². The lowest BCUT2D eigenvalue weighted by atomic mass is 10.2. The highest BCUT2D eigenvalue weighted by atomic mass is 79.9. The molecule has 0 aliphatic rings. The lowest BCUT2D eigenvalue weighted by molar-refractivity contribution is 0.140. The number of hydrogen-bond acceptors (Lipinski definition) is 3. The van der Waals surface area contributed by atoms with Crippen LogP contribution in [-0.2, 0) is 0 Å². The fraction of sp³-hybridized carbons (Fsp3) is 0.500. The number of furan rings is 1. The Morgan fingerprint density at radius 3 is 2.71 bits per heavy atom. The third-order valence-electron chi connectivity index (χ3n) is 1.72. The van der Waals surface area contributed by atoms with Crippen LogP contribution < -0.4 is 11.1 Å².